The van der Waals surface area contributed by atoms with Crippen LogP contribution in [0.4, 0.5) is 0 Å². The number of alkyl halides is 1. The Labute approximate surface area is 131 Å². The Morgan fingerprint density at radius 2 is 1.90 bits per heavy atom. The highest BCUT2D eigenvalue weighted by molar-refractivity contribution is 6.22. The van der Waals surface area contributed by atoms with E-state index in [0.717, 1.165) is 17.9 Å². The number of benzene rings is 2. The van der Waals surface area contributed by atoms with Crippen molar-refractivity contribution in [1.29, 1.82) is 0 Å². The smallest absolute Gasteiger partial charge is 0.123 e. The van der Waals surface area contributed by atoms with E-state index in [1.807, 2.05) is 0 Å². The number of ether oxygens (including phenoxy) is 1. The molecule has 1 nitrogen and oxygen atoms in total. The third-order valence-electron chi connectivity index (χ3n) is 4.53. The molecule has 0 fully saturated rings. The zero-order chi connectivity index (χ0) is 15.2. The van der Waals surface area contributed by atoms with Crippen LogP contribution in [0.2, 0.25) is 0 Å². The van der Waals surface area contributed by atoms with Crippen molar-refractivity contribution in [3.63, 3.8) is 0 Å². The summed E-state index contributed by atoms with van der Waals surface area (Å²) in [6.45, 7) is 9.43. The number of aryl methyl sites for hydroxylation is 1. The second kappa shape index (κ2) is 5.06. The van der Waals surface area contributed by atoms with Crippen molar-refractivity contribution < 1.29 is 4.74 Å². The lowest BCUT2D eigenvalue weighted by molar-refractivity contribution is 0.291. The van der Waals surface area contributed by atoms with E-state index in [2.05, 4.69) is 64.1 Å². The van der Waals surface area contributed by atoms with E-state index >= 15 is 0 Å². The Balaban J connectivity index is 2.03. The quantitative estimate of drug-likeness (QED) is 0.684. The third kappa shape index (κ3) is 2.44. The largest absolute Gasteiger partial charge is 0.492 e. The molecule has 2 aromatic carbocycles. The van der Waals surface area contributed by atoms with Gasteiger partial charge in [-0.15, -0.1) is 11.6 Å². The van der Waals surface area contributed by atoms with Crippen LogP contribution < -0.4 is 4.74 Å². The molecule has 2 heteroatoms. The maximum Gasteiger partial charge on any atom is 0.123 e. The molecule has 1 atom stereocenters. The van der Waals surface area contributed by atoms with Gasteiger partial charge in [0, 0.05) is 11.0 Å². The zero-order valence-electron chi connectivity index (χ0n) is 13.0. The monoisotopic (exact) mass is 300 g/mol. The van der Waals surface area contributed by atoms with Gasteiger partial charge in [0.25, 0.3) is 0 Å². The first-order valence-electron chi connectivity index (χ1n) is 7.37. The van der Waals surface area contributed by atoms with Crippen molar-refractivity contribution >= 4 is 11.6 Å². The van der Waals surface area contributed by atoms with E-state index < -0.39 is 0 Å². The fraction of sp³-hybridized carbons (Fsp3) is 0.368. The maximum atomic E-state index is 6.76. The topological polar surface area (TPSA) is 9.23 Å². The van der Waals surface area contributed by atoms with Crippen LogP contribution in [0.25, 0.3) is 0 Å². The summed E-state index contributed by atoms with van der Waals surface area (Å²) in [6.07, 6.45) is 0. The van der Waals surface area contributed by atoms with Gasteiger partial charge in [-0.2, -0.15) is 0 Å². The molecule has 0 bridgehead atoms. The van der Waals surface area contributed by atoms with Gasteiger partial charge in [-0.25, -0.2) is 0 Å². The molecule has 1 heterocycles. The average Bonchev–Trinajstić information content (AvgIpc) is 2.76. The summed E-state index contributed by atoms with van der Waals surface area (Å²) < 4.78 is 5.75. The first-order valence-corrected chi connectivity index (χ1v) is 7.81. The molecule has 0 saturated heterocycles. The van der Waals surface area contributed by atoms with Crippen LogP contribution in [0.1, 0.15) is 47.0 Å². The summed E-state index contributed by atoms with van der Waals surface area (Å²) in [7, 11) is 0. The van der Waals surface area contributed by atoms with E-state index in [-0.39, 0.29) is 10.8 Å². The molecule has 0 spiro atoms. The summed E-state index contributed by atoms with van der Waals surface area (Å²) in [5.41, 5.74) is 6.20. The van der Waals surface area contributed by atoms with Crippen molar-refractivity contribution in [1.82, 2.24) is 0 Å². The predicted octanol–water partition coefficient (Wildman–Crippen LogP) is 5.30. The van der Waals surface area contributed by atoms with Gasteiger partial charge in [0.15, 0.2) is 0 Å². The molecule has 0 aliphatic carbocycles. The van der Waals surface area contributed by atoms with Crippen molar-refractivity contribution in [3.05, 3.63) is 64.2 Å². The summed E-state index contributed by atoms with van der Waals surface area (Å²) in [5.74, 6) is 0.994. The Kier molecular flexibility index (Phi) is 3.49. The number of rotatable bonds is 2. The predicted molar refractivity (Wildman–Crippen MR) is 88.6 cm³/mol. The molecule has 1 unspecified atom stereocenters. The number of fused-ring (bicyclic) bond motifs is 1. The molecule has 1 aliphatic heterocycles. The van der Waals surface area contributed by atoms with Gasteiger partial charge in [0.1, 0.15) is 5.75 Å². The molecule has 21 heavy (non-hydrogen) atoms. The van der Waals surface area contributed by atoms with Gasteiger partial charge >= 0.3 is 0 Å². The highest BCUT2D eigenvalue weighted by Crippen LogP contribution is 2.41. The van der Waals surface area contributed by atoms with Crippen LogP contribution in [-0.4, -0.2) is 6.61 Å². The van der Waals surface area contributed by atoms with Gasteiger partial charge in [-0.3, -0.25) is 0 Å². The van der Waals surface area contributed by atoms with Crippen LogP contribution in [0.3, 0.4) is 0 Å². The average molecular weight is 301 g/mol. The fourth-order valence-electron chi connectivity index (χ4n) is 2.92. The second-order valence-electron chi connectivity index (χ2n) is 6.58. The van der Waals surface area contributed by atoms with Crippen molar-refractivity contribution in [3.8, 4) is 5.75 Å². The molecule has 0 aromatic heterocycles. The first-order chi connectivity index (χ1) is 9.90. The summed E-state index contributed by atoms with van der Waals surface area (Å²) in [4.78, 5) is 0. The molecular weight excluding hydrogens is 280 g/mol. The summed E-state index contributed by atoms with van der Waals surface area (Å²) >= 11 is 6.76. The minimum Gasteiger partial charge on any atom is -0.492 e. The Morgan fingerprint density at radius 3 is 2.67 bits per heavy atom. The van der Waals surface area contributed by atoms with E-state index in [0.29, 0.717) is 0 Å². The molecule has 0 radical (unpaired) electrons. The van der Waals surface area contributed by atoms with Crippen LogP contribution >= 0.6 is 11.6 Å². The normalized spacial score (nSPS) is 17.2. The van der Waals surface area contributed by atoms with E-state index in [1.165, 1.54) is 22.3 Å². The van der Waals surface area contributed by atoms with Crippen LogP contribution in [0, 0.1) is 13.8 Å². The molecule has 0 N–H and O–H groups in total. The minimum atomic E-state index is -0.119. The van der Waals surface area contributed by atoms with Gasteiger partial charge < -0.3 is 4.74 Å². The van der Waals surface area contributed by atoms with Crippen LogP contribution in [-0.2, 0) is 5.41 Å². The summed E-state index contributed by atoms with van der Waals surface area (Å²) in [5, 5.41) is -0.119. The molecule has 0 amide bonds. The van der Waals surface area contributed by atoms with Gasteiger partial charge in [-0.1, -0.05) is 38.1 Å². The van der Waals surface area contributed by atoms with Gasteiger partial charge in [-0.05, 0) is 48.2 Å². The maximum absolute atomic E-state index is 6.76. The lowest BCUT2D eigenvalue weighted by Gasteiger charge is -2.19. The van der Waals surface area contributed by atoms with Crippen molar-refractivity contribution in [2.75, 3.05) is 6.61 Å². The zero-order valence-corrected chi connectivity index (χ0v) is 13.8. The molecule has 2 aromatic rings. The van der Waals surface area contributed by atoms with Crippen molar-refractivity contribution in [2.45, 2.75) is 38.5 Å². The number of halogens is 1. The van der Waals surface area contributed by atoms with Crippen LogP contribution in [0.5, 0.6) is 5.75 Å². The van der Waals surface area contributed by atoms with E-state index in [1.54, 1.807) is 0 Å². The second-order valence-corrected chi connectivity index (χ2v) is 7.02. The number of hydrogen-bond donors (Lipinski definition) is 0. The highest BCUT2D eigenvalue weighted by atomic mass is 35.5. The molecular formula is C19H21ClO. The van der Waals surface area contributed by atoms with Gasteiger partial charge in [0.2, 0.25) is 0 Å². The molecule has 110 valence electrons. The minimum absolute atomic E-state index is 0.0591. The van der Waals surface area contributed by atoms with Gasteiger partial charge in [0.05, 0.1) is 12.0 Å². The van der Waals surface area contributed by atoms with Crippen LogP contribution in [0.15, 0.2) is 36.4 Å². The van der Waals surface area contributed by atoms with E-state index in [4.69, 9.17) is 16.3 Å². The third-order valence-corrected chi connectivity index (χ3v) is 5.02. The molecule has 0 saturated carbocycles. The lowest BCUT2D eigenvalue weighted by Crippen LogP contribution is -2.18. The lowest BCUT2D eigenvalue weighted by atomic mass is 9.85. The molecule has 3 rings (SSSR count). The van der Waals surface area contributed by atoms with E-state index in [9.17, 15) is 0 Å². The summed E-state index contributed by atoms with van der Waals surface area (Å²) in [6, 6.07) is 12.7. The molecule has 1 aliphatic rings. The highest BCUT2D eigenvalue weighted by Gasteiger charge is 2.32. The van der Waals surface area contributed by atoms with Crippen molar-refractivity contribution in [2.24, 2.45) is 0 Å². The Bertz CT molecular complexity index is 688. The Hall–Kier alpha value is -1.47. The Morgan fingerprint density at radius 1 is 1.14 bits per heavy atom. The first kappa shape index (κ1) is 14.5. The fourth-order valence-corrected chi connectivity index (χ4v) is 3.30. The SMILES string of the molecule is Cc1cccc(C(Cl)c2ccc3c(c2)C(C)(C)CO3)c1C. The number of hydrogen-bond acceptors (Lipinski definition) is 1. The standard InChI is InChI=1S/C19H21ClO/c1-12-6-5-7-15(13(12)2)18(20)14-8-9-17-16(10-14)19(3,4)11-21-17/h5-10,18H,11H2,1-4H3.